The van der Waals surface area contributed by atoms with Gasteiger partial charge in [-0.3, -0.25) is 0 Å². The Bertz CT molecular complexity index is 2780. The third kappa shape index (κ3) is 4.71. The third-order valence-electron chi connectivity index (χ3n) is 9.66. The first-order chi connectivity index (χ1) is 24.8. The van der Waals surface area contributed by atoms with Crippen molar-refractivity contribution in [1.82, 2.24) is 9.88 Å². The molecule has 9 aromatic rings. The Morgan fingerprint density at radius 1 is 0.480 bits per heavy atom. The van der Waals surface area contributed by atoms with Crippen molar-refractivity contribution in [1.29, 1.82) is 0 Å². The Morgan fingerprint density at radius 3 is 2.00 bits per heavy atom. The number of rotatable bonds is 5. The van der Waals surface area contributed by atoms with Gasteiger partial charge < -0.3 is 14.3 Å². The highest BCUT2D eigenvalue weighted by Gasteiger charge is 2.22. The highest BCUT2D eigenvalue weighted by molar-refractivity contribution is 6.15. The second-order valence-electron chi connectivity index (χ2n) is 12.7. The van der Waals surface area contributed by atoms with E-state index in [1.807, 2.05) is 48.5 Å². The zero-order chi connectivity index (χ0) is 33.0. The Kier molecular flexibility index (Phi) is 6.49. The maximum atomic E-state index is 6.50. The lowest BCUT2D eigenvalue weighted by Gasteiger charge is -2.23. The smallest absolute Gasteiger partial charge is 0.159 e. The van der Waals surface area contributed by atoms with Crippen molar-refractivity contribution in [3.63, 3.8) is 0 Å². The van der Waals surface area contributed by atoms with Crippen molar-refractivity contribution < 1.29 is 4.42 Å². The van der Waals surface area contributed by atoms with E-state index in [2.05, 4.69) is 131 Å². The van der Waals surface area contributed by atoms with Gasteiger partial charge in [0.25, 0.3) is 0 Å². The molecular formula is C45H30N4O. The van der Waals surface area contributed by atoms with Gasteiger partial charge in [-0.05, 0) is 65.2 Å². The minimum absolute atomic E-state index is 0.261. The van der Waals surface area contributed by atoms with Gasteiger partial charge in [-0.1, -0.05) is 121 Å². The van der Waals surface area contributed by atoms with Crippen LogP contribution in [0, 0.1) is 0 Å². The molecule has 7 aromatic carbocycles. The first-order valence-corrected chi connectivity index (χ1v) is 16.9. The monoisotopic (exact) mass is 642 g/mol. The maximum Gasteiger partial charge on any atom is 0.159 e. The largest absolute Gasteiger partial charge is 0.456 e. The molecule has 0 saturated heterocycles. The Balaban J connectivity index is 1.07. The molecule has 50 heavy (non-hydrogen) atoms. The molecule has 1 aliphatic rings. The number of fused-ring (bicyclic) bond motifs is 6. The first kappa shape index (κ1) is 28.3. The summed E-state index contributed by atoms with van der Waals surface area (Å²) in [6.45, 7) is 0. The van der Waals surface area contributed by atoms with Gasteiger partial charge in [0.05, 0.1) is 11.0 Å². The number of nitrogens with zero attached hydrogens (tertiary/aromatic N) is 3. The van der Waals surface area contributed by atoms with Crippen LogP contribution < -0.4 is 5.32 Å². The molecule has 0 fully saturated rings. The topological polar surface area (TPSA) is 54.8 Å². The van der Waals surface area contributed by atoms with Gasteiger partial charge in [-0.2, -0.15) is 0 Å². The lowest BCUT2D eigenvalue weighted by Crippen LogP contribution is -2.33. The molecule has 0 amide bonds. The number of benzene rings is 7. The van der Waals surface area contributed by atoms with Gasteiger partial charge in [0, 0.05) is 38.4 Å². The normalized spacial score (nSPS) is 14.6. The SMILES string of the molecule is c1ccc(C2=NC(c3ccccc3)NC(c3ccc4c(c3)oc3ccc(-n5c6ccccc6c6cc(-c7ccccc7)ccc65)cc34)=N2)cc1. The first-order valence-electron chi connectivity index (χ1n) is 16.9. The van der Waals surface area contributed by atoms with Crippen molar-refractivity contribution in [2.45, 2.75) is 6.17 Å². The molecule has 1 N–H and O–H groups in total. The van der Waals surface area contributed by atoms with Crippen LogP contribution in [0.2, 0.25) is 0 Å². The van der Waals surface area contributed by atoms with Crippen LogP contribution in [0.1, 0.15) is 22.9 Å². The third-order valence-corrected chi connectivity index (χ3v) is 9.66. The molecule has 1 aliphatic heterocycles. The number of nitrogens with one attached hydrogen (secondary N) is 1. The molecule has 1 unspecified atom stereocenters. The zero-order valence-corrected chi connectivity index (χ0v) is 27.0. The van der Waals surface area contributed by atoms with E-state index >= 15 is 0 Å². The second kappa shape index (κ2) is 11.5. The second-order valence-corrected chi connectivity index (χ2v) is 12.7. The van der Waals surface area contributed by atoms with Gasteiger partial charge in [0.2, 0.25) is 0 Å². The predicted molar refractivity (Wildman–Crippen MR) is 205 cm³/mol. The molecule has 0 spiro atoms. The van der Waals surface area contributed by atoms with E-state index in [0.717, 1.165) is 50.2 Å². The molecule has 10 rings (SSSR count). The lowest BCUT2D eigenvalue weighted by molar-refractivity contribution is 0.666. The fraction of sp³-hybridized carbons (Fsp3) is 0.0222. The molecule has 1 atom stereocenters. The molecule has 0 radical (unpaired) electrons. The summed E-state index contributed by atoms with van der Waals surface area (Å²) in [5.74, 6) is 1.46. The van der Waals surface area contributed by atoms with E-state index < -0.39 is 0 Å². The number of para-hydroxylation sites is 1. The Hall–Kier alpha value is -6.72. The van der Waals surface area contributed by atoms with E-state index in [9.17, 15) is 0 Å². The van der Waals surface area contributed by atoms with E-state index in [4.69, 9.17) is 14.4 Å². The molecule has 236 valence electrons. The maximum absolute atomic E-state index is 6.50. The summed E-state index contributed by atoms with van der Waals surface area (Å²) >= 11 is 0. The quantitative estimate of drug-likeness (QED) is 0.203. The van der Waals surface area contributed by atoms with E-state index in [0.29, 0.717) is 5.84 Å². The summed E-state index contributed by atoms with van der Waals surface area (Å²) in [7, 11) is 0. The summed E-state index contributed by atoms with van der Waals surface area (Å²) in [5.41, 5.74) is 10.5. The Labute approximate surface area is 288 Å². The van der Waals surface area contributed by atoms with Crippen molar-refractivity contribution in [3.05, 3.63) is 187 Å². The van der Waals surface area contributed by atoms with Gasteiger partial charge in [-0.15, -0.1) is 0 Å². The average Bonchev–Trinajstić information content (AvgIpc) is 3.73. The molecule has 5 heteroatoms. The number of furan rings is 1. The summed E-state index contributed by atoms with van der Waals surface area (Å²) in [6, 6.07) is 59.3. The van der Waals surface area contributed by atoms with E-state index in [1.54, 1.807) is 0 Å². The zero-order valence-electron chi connectivity index (χ0n) is 27.0. The fourth-order valence-electron chi connectivity index (χ4n) is 7.23. The van der Waals surface area contributed by atoms with Crippen LogP contribution in [0.5, 0.6) is 0 Å². The average molecular weight is 643 g/mol. The lowest BCUT2D eigenvalue weighted by atomic mass is 10.0. The molecule has 2 aromatic heterocycles. The summed E-state index contributed by atoms with van der Waals surface area (Å²) in [6.07, 6.45) is -0.261. The fourth-order valence-corrected chi connectivity index (χ4v) is 7.23. The summed E-state index contributed by atoms with van der Waals surface area (Å²) in [5, 5.41) is 8.18. The van der Waals surface area contributed by atoms with E-state index in [1.165, 1.54) is 32.9 Å². The molecule has 3 heterocycles. The van der Waals surface area contributed by atoms with E-state index in [-0.39, 0.29) is 6.17 Å². The molecular weight excluding hydrogens is 613 g/mol. The standard InChI is InChI=1S/C45H30N4O/c1-4-12-29(13-5-1)32-21-24-40-37(26-32)35-18-10-11-19-39(35)49(40)34-22-25-41-38(28-34)36-23-20-33(27-42(36)50-41)45-47-43(30-14-6-2-7-15-30)46-44(48-45)31-16-8-3-9-17-31/h1-28,43H,(H,46,47,48). The van der Waals surface area contributed by atoms with Crippen LogP contribution in [-0.4, -0.2) is 16.2 Å². The van der Waals surface area contributed by atoms with Crippen LogP contribution in [0.3, 0.4) is 0 Å². The predicted octanol–water partition coefficient (Wildman–Crippen LogP) is 10.8. The van der Waals surface area contributed by atoms with Gasteiger partial charge in [-0.25, -0.2) is 9.98 Å². The Morgan fingerprint density at radius 2 is 1.18 bits per heavy atom. The number of aliphatic imine (C=N–C) groups is 2. The van der Waals surface area contributed by atoms with Crippen LogP contribution >= 0.6 is 0 Å². The molecule has 0 aliphatic carbocycles. The molecule has 0 saturated carbocycles. The number of amidine groups is 2. The number of aromatic nitrogens is 1. The highest BCUT2D eigenvalue weighted by Crippen LogP contribution is 2.37. The van der Waals surface area contributed by atoms with Crippen LogP contribution in [-0.2, 0) is 0 Å². The molecule has 5 nitrogen and oxygen atoms in total. The van der Waals surface area contributed by atoms with Gasteiger partial charge in [0.1, 0.15) is 23.2 Å². The minimum atomic E-state index is -0.261. The van der Waals surface area contributed by atoms with Crippen molar-refractivity contribution in [2.24, 2.45) is 9.98 Å². The van der Waals surface area contributed by atoms with Gasteiger partial charge in [0.15, 0.2) is 5.84 Å². The van der Waals surface area contributed by atoms with Crippen molar-refractivity contribution in [3.8, 4) is 16.8 Å². The van der Waals surface area contributed by atoms with Crippen molar-refractivity contribution >= 4 is 55.4 Å². The summed E-state index contributed by atoms with van der Waals surface area (Å²) in [4.78, 5) is 9.99. The minimum Gasteiger partial charge on any atom is -0.456 e. The summed E-state index contributed by atoms with van der Waals surface area (Å²) < 4.78 is 8.86. The van der Waals surface area contributed by atoms with Crippen LogP contribution in [0.4, 0.5) is 0 Å². The van der Waals surface area contributed by atoms with Gasteiger partial charge >= 0.3 is 0 Å². The molecule has 0 bridgehead atoms. The number of hydrogen-bond donors (Lipinski definition) is 1. The van der Waals surface area contributed by atoms with Crippen LogP contribution in [0.15, 0.2) is 184 Å². The van der Waals surface area contributed by atoms with Crippen LogP contribution in [0.25, 0.3) is 60.6 Å². The number of hydrogen-bond acceptors (Lipinski definition) is 4. The highest BCUT2D eigenvalue weighted by atomic mass is 16.3. The van der Waals surface area contributed by atoms with Crippen molar-refractivity contribution in [2.75, 3.05) is 0 Å².